The average Bonchev–Trinajstić information content (AvgIpc) is 2.45. The second kappa shape index (κ2) is 4.03. The number of rotatable bonds is 2. The zero-order chi connectivity index (χ0) is 11.9. The SMILES string of the molecule is Cc1nn2c(Cl)cc(CC(=O)O)nc2c1Br. The van der Waals surface area contributed by atoms with Crippen molar-refractivity contribution in [3.8, 4) is 0 Å². The maximum atomic E-state index is 10.6. The van der Waals surface area contributed by atoms with Crippen LogP contribution in [0.25, 0.3) is 5.65 Å². The lowest BCUT2D eigenvalue weighted by molar-refractivity contribution is -0.136. The van der Waals surface area contributed by atoms with Crippen molar-refractivity contribution in [1.82, 2.24) is 14.6 Å². The molecule has 0 aliphatic heterocycles. The van der Waals surface area contributed by atoms with Gasteiger partial charge in [0, 0.05) is 0 Å². The molecular formula is C9H7BrClN3O2. The van der Waals surface area contributed by atoms with Crippen molar-refractivity contribution in [3.05, 3.63) is 27.1 Å². The number of hydrogen-bond donors (Lipinski definition) is 1. The van der Waals surface area contributed by atoms with Gasteiger partial charge in [0.2, 0.25) is 0 Å². The summed E-state index contributed by atoms with van der Waals surface area (Å²) in [6.45, 7) is 1.81. The first-order chi connectivity index (χ1) is 7.49. The van der Waals surface area contributed by atoms with Gasteiger partial charge in [-0.25, -0.2) is 9.50 Å². The Morgan fingerprint density at radius 3 is 3.00 bits per heavy atom. The molecule has 5 nitrogen and oxygen atoms in total. The molecule has 2 aromatic rings. The van der Waals surface area contributed by atoms with E-state index in [0.29, 0.717) is 16.5 Å². The Labute approximate surface area is 104 Å². The highest BCUT2D eigenvalue weighted by Crippen LogP contribution is 2.23. The van der Waals surface area contributed by atoms with Gasteiger partial charge >= 0.3 is 5.97 Å². The summed E-state index contributed by atoms with van der Waals surface area (Å²) in [6.07, 6.45) is -0.160. The van der Waals surface area contributed by atoms with Crippen LogP contribution in [-0.4, -0.2) is 25.7 Å². The lowest BCUT2D eigenvalue weighted by Crippen LogP contribution is -2.04. The van der Waals surface area contributed by atoms with Crippen LogP contribution in [0.1, 0.15) is 11.4 Å². The number of carboxylic acids is 1. The third-order valence-corrected chi connectivity index (χ3v) is 3.23. The second-order valence-electron chi connectivity index (χ2n) is 3.28. The molecule has 0 amide bonds. The summed E-state index contributed by atoms with van der Waals surface area (Å²) in [5.41, 5.74) is 1.69. The topological polar surface area (TPSA) is 67.5 Å². The van der Waals surface area contributed by atoms with Crippen LogP contribution in [0.3, 0.4) is 0 Å². The van der Waals surface area contributed by atoms with E-state index in [9.17, 15) is 4.79 Å². The number of fused-ring (bicyclic) bond motifs is 1. The molecule has 0 aromatic carbocycles. The number of hydrogen-bond acceptors (Lipinski definition) is 3. The van der Waals surface area contributed by atoms with Crippen molar-refractivity contribution < 1.29 is 9.90 Å². The van der Waals surface area contributed by atoms with Crippen LogP contribution in [0.15, 0.2) is 10.5 Å². The molecule has 2 rings (SSSR count). The van der Waals surface area contributed by atoms with Gasteiger partial charge in [0.15, 0.2) is 5.65 Å². The van der Waals surface area contributed by atoms with Crippen molar-refractivity contribution in [1.29, 1.82) is 0 Å². The number of aromatic nitrogens is 3. The molecule has 0 radical (unpaired) electrons. The van der Waals surface area contributed by atoms with E-state index >= 15 is 0 Å². The number of aryl methyl sites for hydroxylation is 1. The monoisotopic (exact) mass is 303 g/mol. The number of carboxylic acid groups (broad SMARTS) is 1. The van der Waals surface area contributed by atoms with Crippen LogP contribution in [0.5, 0.6) is 0 Å². The molecule has 84 valence electrons. The van der Waals surface area contributed by atoms with E-state index in [2.05, 4.69) is 26.0 Å². The number of nitrogens with zero attached hydrogens (tertiary/aromatic N) is 3. The average molecular weight is 305 g/mol. The van der Waals surface area contributed by atoms with E-state index < -0.39 is 5.97 Å². The minimum absolute atomic E-state index is 0.160. The summed E-state index contributed by atoms with van der Waals surface area (Å²) < 4.78 is 2.19. The van der Waals surface area contributed by atoms with Gasteiger partial charge in [-0.3, -0.25) is 4.79 Å². The van der Waals surface area contributed by atoms with Crippen molar-refractivity contribution >= 4 is 39.1 Å². The van der Waals surface area contributed by atoms with Crippen LogP contribution in [-0.2, 0) is 11.2 Å². The first-order valence-electron chi connectivity index (χ1n) is 4.41. The van der Waals surface area contributed by atoms with Crippen molar-refractivity contribution in [3.63, 3.8) is 0 Å². The predicted octanol–water partition coefficient (Wildman–Crippen LogP) is 2.08. The Morgan fingerprint density at radius 1 is 1.69 bits per heavy atom. The van der Waals surface area contributed by atoms with Gasteiger partial charge < -0.3 is 5.11 Å². The molecule has 0 aliphatic carbocycles. The molecule has 0 fully saturated rings. The largest absolute Gasteiger partial charge is 0.481 e. The molecule has 0 atom stereocenters. The maximum Gasteiger partial charge on any atom is 0.309 e. The highest BCUT2D eigenvalue weighted by molar-refractivity contribution is 9.10. The third-order valence-electron chi connectivity index (χ3n) is 2.03. The fourth-order valence-corrected chi connectivity index (χ4v) is 1.93. The Balaban J connectivity index is 2.65. The Hall–Kier alpha value is -1.14. The van der Waals surface area contributed by atoms with Crippen LogP contribution in [0, 0.1) is 6.92 Å². The van der Waals surface area contributed by atoms with E-state index in [1.54, 1.807) is 0 Å². The summed E-state index contributed by atoms with van der Waals surface area (Å²) in [6, 6.07) is 1.50. The lowest BCUT2D eigenvalue weighted by Gasteiger charge is -2.00. The van der Waals surface area contributed by atoms with Gasteiger partial charge in [-0.05, 0) is 28.9 Å². The molecule has 16 heavy (non-hydrogen) atoms. The van der Waals surface area contributed by atoms with Gasteiger partial charge in [0.05, 0.1) is 22.3 Å². The van der Waals surface area contributed by atoms with E-state index in [4.69, 9.17) is 16.7 Å². The molecule has 0 bridgehead atoms. The van der Waals surface area contributed by atoms with Crippen molar-refractivity contribution in [2.75, 3.05) is 0 Å². The Morgan fingerprint density at radius 2 is 2.38 bits per heavy atom. The van der Waals surface area contributed by atoms with Crippen molar-refractivity contribution in [2.45, 2.75) is 13.3 Å². The van der Waals surface area contributed by atoms with E-state index in [0.717, 1.165) is 10.2 Å². The summed E-state index contributed by atoms with van der Waals surface area (Å²) in [4.78, 5) is 14.8. The van der Waals surface area contributed by atoms with Crippen LogP contribution in [0.4, 0.5) is 0 Å². The van der Waals surface area contributed by atoms with Crippen LogP contribution >= 0.6 is 27.5 Å². The summed E-state index contributed by atoms with van der Waals surface area (Å²) in [5, 5.41) is 13.2. The van der Waals surface area contributed by atoms with Gasteiger partial charge in [-0.15, -0.1) is 0 Å². The number of carbonyl (C=O) groups is 1. The number of halogens is 2. The predicted molar refractivity (Wildman–Crippen MR) is 61.8 cm³/mol. The second-order valence-corrected chi connectivity index (χ2v) is 4.46. The minimum atomic E-state index is -0.944. The normalized spacial score (nSPS) is 10.9. The van der Waals surface area contributed by atoms with Crippen molar-refractivity contribution in [2.24, 2.45) is 0 Å². The molecule has 0 spiro atoms. The lowest BCUT2D eigenvalue weighted by atomic mass is 10.3. The summed E-state index contributed by atoms with van der Waals surface area (Å²) >= 11 is 9.31. The first-order valence-corrected chi connectivity index (χ1v) is 5.58. The Bertz CT molecular complexity index is 582. The van der Waals surface area contributed by atoms with Gasteiger partial charge in [-0.1, -0.05) is 11.6 Å². The molecular weight excluding hydrogens is 297 g/mol. The van der Waals surface area contributed by atoms with E-state index in [1.807, 2.05) is 6.92 Å². The summed E-state index contributed by atoms with van der Waals surface area (Å²) in [5.74, 6) is -0.944. The molecule has 2 aromatic heterocycles. The summed E-state index contributed by atoms with van der Waals surface area (Å²) in [7, 11) is 0. The van der Waals surface area contributed by atoms with Gasteiger partial charge in [0.25, 0.3) is 0 Å². The van der Waals surface area contributed by atoms with Crippen LogP contribution < -0.4 is 0 Å². The van der Waals surface area contributed by atoms with Gasteiger partial charge in [-0.2, -0.15) is 5.10 Å². The molecule has 0 saturated heterocycles. The molecule has 2 heterocycles. The first kappa shape index (κ1) is 11.3. The standard InChI is InChI=1S/C9H7BrClN3O2/c1-4-8(10)9-12-5(3-7(15)16)2-6(11)14(9)13-4/h2H,3H2,1H3,(H,15,16). The van der Waals surface area contributed by atoms with Crippen LogP contribution in [0.2, 0.25) is 5.15 Å². The molecule has 0 aliphatic rings. The van der Waals surface area contributed by atoms with E-state index in [-0.39, 0.29) is 6.42 Å². The highest BCUT2D eigenvalue weighted by atomic mass is 79.9. The number of aliphatic carboxylic acids is 1. The quantitative estimate of drug-likeness (QED) is 0.863. The molecule has 1 N–H and O–H groups in total. The zero-order valence-electron chi connectivity index (χ0n) is 8.24. The third kappa shape index (κ3) is 1.90. The molecule has 7 heteroatoms. The molecule has 0 saturated carbocycles. The van der Waals surface area contributed by atoms with Gasteiger partial charge in [0.1, 0.15) is 5.15 Å². The minimum Gasteiger partial charge on any atom is -0.481 e. The maximum absolute atomic E-state index is 10.6. The Kier molecular flexibility index (Phi) is 2.86. The highest BCUT2D eigenvalue weighted by Gasteiger charge is 2.13. The zero-order valence-corrected chi connectivity index (χ0v) is 10.6. The molecule has 0 unspecified atom stereocenters. The fraction of sp³-hybridized carbons (Fsp3) is 0.222. The van der Waals surface area contributed by atoms with E-state index in [1.165, 1.54) is 10.6 Å². The smallest absolute Gasteiger partial charge is 0.309 e. The fourth-order valence-electron chi connectivity index (χ4n) is 1.35.